The second-order valence-electron chi connectivity index (χ2n) is 9.39. The van der Waals surface area contributed by atoms with Crippen LogP contribution in [0.25, 0.3) is 0 Å². The van der Waals surface area contributed by atoms with Crippen LogP contribution in [0.5, 0.6) is 0 Å². The predicted octanol–water partition coefficient (Wildman–Crippen LogP) is 5.06. The third kappa shape index (κ3) is 9.02. The van der Waals surface area contributed by atoms with Crippen LogP contribution in [-0.2, 0) is 16.0 Å². The van der Waals surface area contributed by atoms with Gasteiger partial charge in [-0.25, -0.2) is 0 Å². The maximum absolute atomic E-state index is 12.4. The average Bonchev–Trinajstić information content (AvgIpc) is 3.11. The van der Waals surface area contributed by atoms with Crippen molar-refractivity contribution in [3.63, 3.8) is 0 Å². The Morgan fingerprint density at radius 3 is 2.52 bits per heavy atom. The van der Waals surface area contributed by atoms with Crippen molar-refractivity contribution in [1.82, 2.24) is 4.90 Å². The van der Waals surface area contributed by atoms with Crippen LogP contribution in [0.2, 0.25) is 0 Å². The fourth-order valence-electron chi connectivity index (χ4n) is 4.79. The van der Waals surface area contributed by atoms with Crippen molar-refractivity contribution < 1.29 is 19.8 Å². The highest BCUT2D eigenvalue weighted by Gasteiger charge is 2.35. The van der Waals surface area contributed by atoms with E-state index in [1.165, 1.54) is 5.56 Å². The molecular weight excluding hydrogens is 390 g/mol. The minimum absolute atomic E-state index is 0.220. The number of carbonyl (C=O) groups is 2. The Balaban J connectivity index is 1.70. The van der Waals surface area contributed by atoms with Crippen LogP contribution < -0.4 is 0 Å². The first-order valence-corrected chi connectivity index (χ1v) is 12.1. The van der Waals surface area contributed by atoms with Gasteiger partial charge in [0.05, 0.1) is 6.10 Å². The number of hydrogen-bond donors (Lipinski definition) is 2. The number of likely N-dealkylation sites (tertiary alicyclic amines) is 1. The second-order valence-corrected chi connectivity index (χ2v) is 9.39. The summed E-state index contributed by atoms with van der Waals surface area (Å²) in [5, 5.41) is 19.5. The van der Waals surface area contributed by atoms with Gasteiger partial charge in [0.15, 0.2) is 0 Å². The summed E-state index contributed by atoms with van der Waals surface area (Å²) in [7, 11) is 0. The van der Waals surface area contributed by atoms with Crippen molar-refractivity contribution in [2.75, 3.05) is 6.54 Å². The highest BCUT2D eigenvalue weighted by Crippen LogP contribution is 2.30. The van der Waals surface area contributed by atoms with Crippen molar-refractivity contribution >= 4 is 11.9 Å². The molecule has 0 bridgehead atoms. The topological polar surface area (TPSA) is 77.8 Å². The number of aryl methyl sites for hydroxylation is 1. The zero-order valence-electron chi connectivity index (χ0n) is 19.3. The van der Waals surface area contributed by atoms with E-state index in [-0.39, 0.29) is 36.3 Å². The monoisotopic (exact) mass is 431 g/mol. The number of carboxylic acid groups (broad SMARTS) is 1. The van der Waals surface area contributed by atoms with Gasteiger partial charge < -0.3 is 15.1 Å². The van der Waals surface area contributed by atoms with E-state index in [0.29, 0.717) is 12.8 Å². The van der Waals surface area contributed by atoms with Gasteiger partial charge in [-0.1, -0.05) is 57.0 Å². The summed E-state index contributed by atoms with van der Waals surface area (Å²) < 4.78 is 0. The zero-order valence-corrected chi connectivity index (χ0v) is 19.3. The smallest absolute Gasteiger partial charge is 0.303 e. The third-order valence-electron chi connectivity index (χ3n) is 6.81. The van der Waals surface area contributed by atoms with E-state index in [0.717, 1.165) is 57.9 Å². The number of hydrogen-bond acceptors (Lipinski definition) is 3. The first-order chi connectivity index (χ1) is 14.9. The largest absolute Gasteiger partial charge is 0.481 e. The Hall–Kier alpha value is -1.88. The molecule has 5 heteroatoms. The number of nitrogens with zero attached hydrogens (tertiary/aromatic N) is 1. The van der Waals surface area contributed by atoms with Crippen molar-refractivity contribution in [2.45, 2.75) is 96.6 Å². The maximum Gasteiger partial charge on any atom is 0.303 e. The molecule has 0 radical (unpaired) electrons. The van der Waals surface area contributed by atoms with Gasteiger partial charge in [-0.05, 0) is 62.3 Å². The van der Waals surface area contributed by atoms with Gasteiger partial charge in [0.1, 0.15) is 0 Å². The van der Waals surface area contributed by atoms with Gasteiger partial charge in [-0.3, -0.25) is 9.59 Å². The molecule has 0 spiro atoms. The summed E-state index contributed by atoms with van der Waals surface area (Å²) in [6.07, 6.45) is 8.73. The average molecular weight is 432 g/mol. The van der Waals surface area contributed by atoms with Crippen LogP contribution in [0, 0.1) is 11.8 Å². The Bertz CT molecular complexity index is 663. The molecule has 1 amide bonds. The van der Waals surface area contributed by atoms with E-state index in [2.05, 4.69) is 38.1 Å². The van der Waals surface area contributed by atoms with Gasteiger partial charge in [-0.15, -0.1) is 0 Å². The summed E-state index contributed by atoms with van der Waals surface area (Å²) in [6.45, 7) is 5.06. The predicted molar refractivity (Wildman–Crippen MR) is 124 cm³/mol. The molecule has 2 rings (SSSR count). The minimum atomic E-state index is -0.739. The molecule has 1 aliphatic rings. The fourth-order valence-corrected chi connectivity index (χ4v) is 4.79. The summed E-state index contributed by atoms with van der Waals surface area (Å²) in [5.41, 5.74) is 1.35. The summed E-state index contributed by atoms with van der Waals surface area (Å²) >= 11 is 0. The van der Waals surface area contributed by atoms with E-state index in [1.54, 1.807) is 0 Å². The number of carbonyl (C=O) groups excluding carboxylic acids is 1. The molecule has 0 saturated carbocycles. The molecular formula is C26H41NO4. The molecule has 4 unspecified atom stereocenters. The fraction of sp³-hybridized carbons (Fsp3) is 0.692. The molecule has 1 aromatic rings. The lowest BCUT2D eigenvalue weighted by Gasteiger charge is -2.32. The molecule has 4 atom stereocenters. The lowest BCUT2D eigenvalue weighted by molar-refractivity contribution is -0.137. The molecule has 1 aliphatic heterocycles. The Morgan fingerprint density at radius 2 is 1.81 bits per heavy atom. The minimum Gasteiger partial charge on any atom is -0.481 e. The van der Waals surface area contributed by atoms with Crippen LogP contribution >= 0.6 is 0 Å². The second kappa shape index (κ2) is 13.5. The number of unbranched alkanes of at least 4 members (excludes halogenated alkanes) is 3. The molecule has 1 aromatic carbocycles. The Labute approximate surface area is 187 Å². The van der Waals surface area contributed by atoms with E-state index < -0.39 is 5.97 Å². The van der Waals surface area contributed by atoms with E-state index in [9.17, 15) is 14.7 Å². The Morgan fingerprint density at radius 1 is 1.10 bits per heavy atom. The lowest BCUT2D eigenvalue weighted by atomic mass is 9.87. The SMILES string of the molecule is CC(CCCc1ccccc1)C(O)CC(C)C1CCC(=O)N1CCCCCCC(=O)O. The summed E-state index contributed by atoms with van der Waals surface area (Å²) in [4.78, 5) is 25.0. The molecule has 174 valence electrons. The molecule has 31 heavy (non-hydrogen) atoms. The van der Waals surface area contributed by atoms with Gasteiger partial charge in [-0.2, -0.15) is 0 Å². The number of amides is 1. The van der Waals surface area contributed by atoms with Crippen molar-refractivity contribution in [3.8, 4) is 0 Å². The van der Waals surface area contributed by atoms with Crippen LogP contribution in [0.4, 0.5) is 0 Å². The highest BCUT2D eigenvalue weighted by molar-refractivity contribution is 5.78. The third-order valence-corrected chi connectivity index (χ3v) is 6.81. The van der Waals surface area contributed by atoms with Crippen molar-refractivity contribution in [3.05, 3.63) is 35.9 Å². The van der Waals surface area contributed by atoms with Crippen molar-refractivity contribution in [2.24, 2.45) is 11.8 Å². The van der Waals surface area contributed by atoms with Gasteiger partial charge in [0, 0.05) is 25.4 Å². The number of benzene rings is 1. The molecule has 5 nitrogen and oxygen atoms in total. The van der Waals surface area contributed by atoms with E-state index >= 15 is 0 Å². The first kappa shape index (κ1) is 25.4. The maximum atomic E-state index is 12.4. The van der Waals surface area contributed by atoms with Crippen LogP contribution in [0.15, 0.2) is 30.3 Å². The van der Waals surface area contributed by atoms with Gasteiger partial charge >= 0.3 is 5.97 Å². The number of aliphatic carboxylic acids is 1. The van der Waals surface area contributed by atoms with E-state index in [1.807, 2.05) is 11.0 Å². The molecule has 1 fully saturated rings. The molecule has 0 aromatic heterocycles. The summed E-state index contributed by atoms with van der Waals surface area (Å²) in [6, 6.07) is 10.7. The van der Waals surface area contributed by atoms with Gasteiger partial charge in [0.25, 0.3) is 0 Å². The highest BCUT2D eigenvalue weighted by atomic mass is 16.4. The number of aliphatic hydroxyl groups excluding tert-OH is 1. The van der Waals surface area contributed by atoms with E-state index in [4.69, 9.17) is 5.11 Å². The molecule has 2 N–H and O–H groups in total. The normalized spacial score (nSPS) is 19.4. The lowest BCUT2D eigenvalue weighted by Crippen LogP contribution is -2.39. The first-order valence-electron chi connectivity index (χ1n) is 12.1. The molecule has 0 aliphatic carbocycles. The number of rotatable bonds is 15. The standard InChI is InChI=1S/C26H41NO4/c1-20(11-10-14-22-12-6-5-7-13-22)24(28)19-21(2)23-16-17-25(29)27(23)18-9-4-3-8-15-26(30)31/h5-7,12-13,20-21,23-24,28H,3-4,8-11,14-19H2,1-2H3,(H,30,31). The molecule has 1 saturated heterocycles. The number of aliphatic hydroxyl groups is 1. The van der Waals surface area contributed by atoms with Crippen LogP contribution in [0.1, 0.15) is 83.6 Å². The number of carboxylic acids is 1. The summed E-state index contributed by atoms with van der Waals surface area (Å²) in [5.74, 6) is 0.0280. The van der Waals surface area contributed by atoms with Crippen molar-refractivity contribution in [1.29, 1.82) is 0 Å². The van der Waals surface area contributed by atoms with Gasteiger partial charge in [0.2, 0.25) is 5.91 Å². The Kier molecular flexibility index (Phi) is 11.1. The zero-order chi connectivity index (χ0) is 22.6. The molecule has 1 heterocycles. The quantitative estimate of drug-likeness (QED) is 0.381. The van der Waals surface area contributed by atoms with Crippen LogP contribution in [0.3, 0.4) is 0 Å². The van der Waals surface area contributed by atoms with Crippen LogP contribution in [-0.4, -0.2) is 45.7 Å².